The van der Waals surface area contributed by atoms with E-state index in [9.17, 15) is 0 Å². The van der Waals surface area contributed by atoms with Crippen LogP contribution in [0, 0.1) is 5.92 Å². The van der Waals surface area contributed by atoms with Gasteiger partial charge in [-0.25, -0.2) is 0 Å². The summed E-state index contributed by atoms with van der Waals surface area (Å²) in [6, 6.07) is 11.3. The highest BCUT2D eigenvalue weighted by Crippen LogP contribution is 2.19. The quantitative estimate of drug-likeness (QED) is 0.916. The molecule has 0 spiro atoms. The minimum atomic E-state index is 0.584. The standard InChI is InChI=1S/C16H21N3S/c1-13-9-19(10-14-5-3-2-4-6-14)11-16(13)18-8-15-7-17-12-20-15/h2-7,12-13,16,18H,8-11H2,1H3. The van der Waals surface area contributed by atoms with Crippen LogP contribution in [-0.2, 0) is 13.1 Å². The molecule has 1 aliphatic rings. The van der Waals surface area contributed by atoms with E-state index in [-0.39, 0.29) is 0 Å². The van der Waals surface area contributed by atoms with Gasteiger partial charge in [-0.3, -0.25) is 9.88 Å². The number of aromatic nitrogens is 1. The van der Waals surface area contributed by atoms with E-state index in [0.29, 0.717) is 12.0 Å². The minimum absolute atomic E-state index is 0.584. The molecule has 2 aromatic rings. The van der Waals surface area contributed by atoms with Crippen LogP contribution < -0.4 is 5.32 Å². The lowest BCUT2D eigenvalue weighted by atomic mass is 10.1. The molecule has 3 rings (SSSR count). The van der Waals surface area contributed by atoms with Gasteiger partial charge in [-0.1, -0.05) is 37.3 Å². The summed E-state index contributed by atoms with van der Waals surface area (Å²) < 4.78 is 0. The highest BCUT2D eigenvalue weighted by Gasteiger charge is 2.28. The Kier molecular flexibility index (Phi) is 4.45. The third-order valence-corrected chi connectivity index (χ3v) is 4.74. The third-order valence-electron chi connectivity index (χ3n) is 3.96. The summed E-state index contributed by atoms with van der Waals surface area (Å²) in [5.74, 6) is 0.701. The molecule has 20 heavy (non-hydrogen) atoms. The second kappa shape index (κ2) is 6.48. The molecule has 0 radical (unpaired) electrons. The smallest absolute Gasteiger partial charge is 0.0794 e. The lowest BCUT2D eigenvalue weighted by Crippen LogP contribution is -2.34. The third kappa shape index (κ3) is 3.45. The van der Waals surface area contributed by atoms with Crippen LogP contribution in [0.5, 0.6) is 0 Å². The first-order valence-electron chi connectivity index (χ1n) is 7.18. The van der Waals surface area contributed by atoms with Crippen LogP contribution in [0.25, 0.3) is 0 Å². The number of hydrogen-bond acceptors (Lipinski definition) is 4. The Labute approximate surface area is 124 Å². The largest absolute Gasteiger partial charge is 0.307 e. The Hall–Kier alpha value is -1.23. The van der Waals surface area contributed by atoms with Crippen molar-refractivity contribution in [1.82, 2.24) is 15.2 Å². The van der Waals surface area contributed by atoms with Gasteiger partial charge >= 0.3 is 0 Å². The molecule has 1 saturated heterocycles. The maximum Gasteiger partial charge on any atom is 0.0794 e. The lowest BCUT2D eigenvalue weighted by molar-refractivity contribution is 0.316. The summed E-state index contributed by atoms with van der Waals surface area (Å²) in [4.78, 5) is 7.99. The van der Waals surface area contributed by atoms with Gasteiger partial charge in [0.1, 0.15) is 0 Å². The Bertz CT molecular complexity index is 512. The first-order valence-corrected chi connectivity index (χ1v) is 8.06. The van der Waals surface area contributed by atoms with Crippen LogP contribution in [0.15, 0.2) is 42.0 Å². The fourth-order valence-electron chi connectivity index (χ4n) is 2.86. The topological polar surface area (TPSA) is 28.2 Å². The average Bonchev–Trinajstić information content (AvgIpc) is 3.08. The van der Waals surface area contributed by atoms with Gasteiger partial charge in [0.05, 0.1) is 5.51 Å². The summed E-state index contributed by atoms with van der Waals surface area (Å²) >= 11 is 1.72. The molecule has 0 saturated carbocycles. The summed E-state index contributed by atoms with van der Waals surface area (Å²) in [6.45, 7) is 6.65. The Morgan fingerprint density at radius 2 is 2.15 bits per heavy atom. The van der Waals surface area contributed by atoms with Crippen molar-refractivity contribution < 1.29 is 0 Å². The molecule has 3 nitrogen and oxygen atoms in total. The van der Waals surface area contributed by atoms with Crippen molar-refractivity contribution in [2.45, 2.75) is 26.1 Å². The van der Waals surface area contributed by atoms with Gasteiger partial charge in [0, 0.05) is 43.3 Å². The molecule has 0 bridgehead atoms. The number of likely N-dealkylation sites (tertiary alicyclic amines) is 1. The zero-order chi connectivity index (χ0) is 13.8. The summed E-state index contributed by atoms with van der Waals surface area (Å²) in [5.41, 5.74) is 3.30. The predicted octanol–water partition coefficient (Wildman–Crippen LogP) is 2.75. The van der Waals surface area contributed by atoms with E-state index < -0.39 is 0 Å². The van der Waals surface area contributed by atoms with Crippen molar-refractivity contribution in [3.63, 3.8) is 0 Å². The molecule has 2 heterocycles. The molecule has 0 aliphatic carbocycles. The second-order valence-corrected chi connectivity index (χ2v) is 6.58. The summed E-state index contributed by atoms with van der Waals surface area (Å²) in [6.07, 6.45) is 1.96. The first-order chi connectivity index (χ1) is 9.81. The zero-order valence-corrected chi connectivity index (χ0v) is 12.6. The van der Waals surface area contributed by atoms with Gasteiger partial charge in [0.15, 0.2) is 0 Å². The van der Waals surface area contributed by atoms with E-state index in [0.717, 1.165) is 19.6 Å². The van der Waals surface area contributed by atoms with E-state index in [1.165, 1.54) is 17.0 Å². The molecular formula is C16H21N3S. The zero-order valence-electron chi connectivity index (χ0n) is 11.8. The van der Waals surface area contributed by atoms with Gasteiger partial charge in [-0.05, 0) is 11.5 Å². The Balaban J connectivity index is 1.51. The second-order valence-electron chi connectivity index (χ2n) is 5.61. The van der Waals surface area contributed by atoms with Gasteiger partial charge < -0.3 is 5.32 Å². The van der Waals surface area contributed by atoms with E-state index in [1.54, 1.807) is 11.3 Å². The number of thiazole rings is 1. The fraction of sp³-hybridized carbons (Fsp3) is 0.438. The molecule has 1 aromatic heterocycles. The van der Waals surface area contributed by atoms with Crippen molar-refractivity contribution in [3.05, 3.63) is 52.5 Å². The summed E-state index contributed by atoms with van der Waals surface area (Å²) in [5, 5.41) is 3.68. The van der Waals surface area contributed by atoms with Crippen molar-refractivity contribution in [3.8, 4) is 0 Å². The van der Waals surface area contributed by atoms with Crippen LogP contribution in [0.1, 0.15) is 17.4 Å². The Morgan fingerprint density at radius 3 is 2.90 bits per heavy atom. The normalized spacial score (nSPS) is 23.2. The van der Waals surface area contributed by atoms with Crippen LogP contribution in [0.2, 0.25) is 0 Å². The van der Waals surface area contributed by atoms with Crippen LogP contribution in [0.4, 0.5) is 0 Å². The van der Waals surface area contributed by atoms with Gasteiger partial charge in [0.25, 0.3) is 0 Å². The van der Waals surface area contributed by atoms with Crippen LogP contribution in [-0.4, -0.2) is 29.0 Å². The highest BCUT2D eigenvalue weighted by molar-refractivity contribution is 7.09. The van der Waals surface area contributed by atoms with Crippen molar-refractivity contribution in [1.29, 1.82) is 0 Å². The molecule has 1 aliphatic heterocycles. The molecule has 2 atom stereocenters. The molecule has 106 valence electrons. The monoisotopic (exact) mass is 287 g/mol. The first kappa shape index (κ1) is 13.7. The number of rotatable bonds is 5. The fourth-order valence-corrected chi connectivity index (χ4v) is 3.41. The van der Waals surface area contributed by atoms with Crippen LogP contribution in [0.3, 0.4) is 0 Å². The van der Waals surface area contributed by atoms with Crippen LogP contribution >= 0.6 is 11.3 Å². The van der Waals surface area contributed by atoms with E-state index in [2.05, 4.69) is 52.5 Å². The molecule has 4 heteroatoms. The van der Waals surface area contributed by atoms with E-state index >= 15 is 0 Å². The highest BCUT2D eigenvalue weighted by atomic mass is 32.1. The Morgan fingerprint density at radius 1 is 1.30 bits per heavy atom. The van der Waals surface area contributed by atoms with Crippen molar-refractivity contribution in [2.24, 2.45) is 5.92 Å². The van der Waals surface area contributed by atoms with Gasteiger partial charge in [-0.2, -0.15) is 0 Å². The van der Waals surface area contributed by atoms with Gasteiger partial charge in [0.2, 0.25) is 0 Å². The van der Waals surface area contributed by atoms with Crippen molar-refractivity contribution >= 4 is 11.3 Å². The predicted molar refractivity (Wildman–Crippen MR) is 83.6 cm³/mol. The lowest BCUT2D eigenvalue weighted by Gasteiger charge is -2.17. The number of nitrogens with zero attached hydrogens (tertiary/aromatic N) is 2. The molecule has 2 unspecified atom stereocenters. The van der Waals surface area contributed by atoms with E-state index in [4.69, 9.17) is 0 Å². The maximum atomic E-state index is 4.13. The number of hydrogen-bond donors (Lipinski definition) is 1. The maximum absolute atomic E-state index is 4.13. The van der Waals surface area contributed by atoms with Gasteiger partial charge in [-0.15, -0.1) is 11.3 Å². The van der Waals surface area contributed by atoms with Crippen molar-refractivity contribution in [2.75, 3.05) is 13.1 Å². The number of benzene rings is 1. The average molecular weight is 287 g/mol. The molecule has 0 amide bonds. The number of nitrogens with one attached hydrogen (secondary N) is 1. The molecular weight excluding hydrogens is 266 g/mol. The SMILES string of the molecule is CC1CN(Cc2ccccc2)CC1NCc1cncs1. The van der Waals surface area contributed by atoms with E-state index in [1.807, 2.05) is 11.7 Å². The minimum Gasteiger partial charge on any atom is -0.307 e. The molecule has 1 N–H and O–H groups in total. The summed E-state index contributed by atoms with van der Waals surface area (Å²) in [7, 11) is 0. The molecule has 1 fully saturated rings. The molecule has 1 aromatic carbocycles.